The summed E-state index contributed by atoms with van der Waals surface area (Å²) in [6, 6.07) is 16.5. The monoisotopic (exact) mass is 290 g/mol. The van der Waals surface area contributed by atoms with Crippen molar-refractivity contribution in [2.75, 3.05) is 0 Å². The molecule has 0 saturated carbocycles. The highest BCUT2D eigenvalue weighted by molar-refractivity contribution is 5.87. The Morgan fingerprint density at radius 2 is 1.64 bits per heavy atom. The quantitative estimate of drug-likeness (QED) is 0.518. The number of aromatic nitrogens is 2. The van der Waals surface area contributed by atoms with Gasteiger partial charge in [-0.05, 0) is 17.7 Å². The van der Waals surface area contributed by atoms with Crippen LogP contribution in [0.3, 0.4) is 0 Å². The van der Waals surface area contributed by atoms with Crippen LogP contribution in [0, 0.1) is 0 Å². The Balaban J connectivity index is 1.91. The standard InChI is InChI=1S/C19H18N2O/c1-12(15-10-20-17-8-4-2-6-13(15)17)19-16(11-22)14-7-3-5-9-18(14)21-19/h2-10,12,20-22H,11H2,1H3. The molecule has 4 aromatic rings. The van der Waals surface area contributed by atoms with Crippen LogP contribution in [0.15, 0.2) is 54.7 Å². The van der Waals surface area contributed by atoms with Crippen LogP contribution in [0.4, 0.5) is 0 Å². The first-order valence-electron chi connectivity index (χ1n) is 7.56. The molecule has 4 rings (SSSR count). The van der Waals surface area contributed by atoms with E-state index in [0.717, 1.165) is 27.7 Å². The summed E-state index contributed by atoms with van der Waals surface area (Å²) in [6.45, 7) is 2.23. The van der Waals surface area contributed by atoms with E-state index in [1.165, 1.54) is 10.9 Å². The lowest BCUT2D eigenvalue weighted by Crippen LogP contribution is -2.00. The van der Waals surface area contributed by atoms with Gasteiger partial charge in [-0.1, -0.05) is 43.3 Å². The molecule has 2 aromatic carbocycles. The number of nitrogens with one attached hydrogen (secondary N) is 2. The van der Waals surface area contributed by atoms with E-state index < -0.39 is 0 Å². The number of aliphatic hydroxyl groups excluding tert-OH is 1. The Morgan fingerprint density at radius 1 is 0.955 bits per heavy atom. The Hall–Kier alpha value is -2.52. The van der Waals surface area contributed by atoms with Crippen molar-refractivity contribution in [3.63, 3.8) is 0 Å². The van der Waals surface area contributed by atoms with Crippen LogP contribution in [-0.4, -0.2) is 15.1 Å². The molecule has 2 aromatic heterocycles. The summed E-state index contributed by atoms with van der Waals surface area (Å²) in [5.74, 6) is 0.186. The van der Waals surface area contributed by atoms with Crippen LogP contribution >= 0.6 is 0 Å². The van der Waals surface area contributed by atoms with Gasteiger partial charge in [0.15, 0.2) is 0 Å². The number of hydrogen-bond acceptors (Lipinski definition) is 1. The third-order valence-electron chi connectivity index (χ3n) is 4.53. The molecule has 3 N–H and O–H groups in total. The summed E-state index contributed by atoms with van der Waals surface area (Å²) < 4.78 is 0. The molecule has 2 heterocycles. The highest BCUT2D eigenvalue weighted by Gasteiger charge is 2.19. The third kappa shape index (κ3) is 1.86. The molecule has 110 valence electrons. The zero-order valence-electron chi connectivity index (χ0n) is 12.4. The molecule has 0 fully saturated rings. The number of benzene rings is 2. The Bertz CT molecular complexity index is 948. The topological polar surface area (TPSA) is 51.8 Å². The predicted molar refractivity (Wildman–Crippen MR) is 90.0 cm³/mol. The molecule has 0 spiro atoms. The van der Waals surface area contributed by atoms with Gasteiger partial charge < -0.3 is 15.1 Å². The molecule has 0 bridgehead atoms. The number of hydrogen-bond donors (Lipinski definition) is 3. The fourth-order valence-corrected chi connectivity index (χ4v) is 3.37. The smallest absolute Gasteiger partial charge is 0.0705 e. The molecule has 3 nitrogen and oxygen atoms in total. The minimum absolute atomic E-state index is 0.0477. The molecule has 1 atom stereocenters. The second-order valence-corrected chi connectivity index (χ2v) is 5.73. The Morgan fingerprint density at radius 3 is 2.41 bits per heavy atom. The van der Waals surface area contributed by atoms with E-state index in [0.29, 0.717) is 0 Å². The highest BCUT2D eigenvalue weighted by atomic mass is 16.3. The summed E-state index contributed by atoms with van der Waals surface area (Å²) in [5.41, 5.74) is 5.55. The van der Waals surface area contributed by atoms with E-state index in [9.17, 15) is 5.11 Å². The van der Waals surface area contributed by atoms with E-state index in [1.807, 2.05) is 18.2 Å². The number of aromatic amines is 2. The number of para-hydroxylation sites is 2. The fraction of sp³-hybridized carbons (Fsp3) is 0.158. The molecule has 1 unspecified atom stereocenters. The van der Waals surface area contributed by atoms with Gasteiger partial charge in [0.25, 0.3) is 0 Å². The molecular weight excluding hydrogens is 272 g/mol. The molecule has 0 aliphatic heterocycles. The van der Waals surface area contributed by atoms with Crippen molar-refractivity contribution in [3.8, 4) is 0 Å². The first kappa shape index (κ1) is 13.2. The van der Waals surface area contributed by atoms with Gasteiger partial charge in [-0.15, -0.1) is 0 Å². The van der Waals surface area contributed by atoms with Gasteiger partial charge in [-0.25, -0.2) is 0 Å². The summed E-state index contributed by atoms with van der Waals surface area (Å²) in [6.07, 6.45) is 2.07. The second-order valence-electron chi connectivity index (χ2n) is 5.73. The molecule has 0 amide bonds. The highest BCUT2D eigenvalue weighted by Crippen LogP contribution is 2.34. The van der Waals surface area contributed by atoms with Crippen molar-refractivity contribution in [2.24, 2.45) is 0 Å². The maximum absolute atomic E-state index is 9.84. The normalized spacial score (nSPS) is 13.0. The largest absolute Gasteiger partial charge is 0.392 e. The van der Waals surface area contributed by atoms with Crippen LogP contribution in [0.5, 0.6) is 0 Å². The van der Waals surface area contributed by atoms with E-state index in [1.54, 1.807) is 0 Å². The first-order valence-corrected chi connectivity index (χ1v) is 7.56. The SMILES string of the molecule is CC(c1[nH]c2ccccc2c1CO)c1c[nH]c2ccccc12. The van der Waals surface area contributed by atoms with Crippen molar-refractivity contribution in [1.82, 2.24) is 9.97 Å². The lowest BCUT2D eigenvalue weighted by molar-refractivity contribution is 0.282. The van der Waals surface area contributed by atoms with Crippen molar-refractivity contribution in [3.05, 3.63) is 71.5 Å². The molecular formula is C19H18N2O. The first-order chi connectivity index (χ1) is 10.8. The van der Waals surface area contributed by atoms with Crippen LogP contribution in [0.2, 0.25) is 0 Å². The van der Waals surface area contributed by atoms with Crippen LogP contribution in [0.1, 0.15) is 29.7 Å². The summed E-state index contributed by atoms with van der Waals surface area (Å²) in [5, 5.41) is 12.2. The van der Waals surface area contributed by atoms with E-state index in [-0.39, 0.29) is 12.5 Å². The van der Waals surface area contributed by atoms with Gasteiger partial charge in [0.05, 0.1) is 6.61 Å². The van der Waals surface area contributed by atoms with E-state index >= 15 is 0 Å². The van der Waals surface area contributed by atoms with Gasteiger partial charge >= 0.3 is 0 Å². The Kier molecular flexibility index (Phi) is 3.01. The van der Waals surface area contributed by atoms with E-state index in [2.05, 4.69) is 53.4 Å². The van der Waals surface area contributed by atoms with Gasteiger partial charge in [-0.3, -0.25) is 0 Å². The van der Waals surface area contributed by atoms with Gasteiger partial charge in [0.1, 0.15) is 0 Å². The summed E-state index contributed by atoms with van der Waals surface area (Å²) in [7, 11) is 0. The summed E-state index contributed by atoms with van der Waals surface area (Å²) >= 11 is 0. The molecule has 22 heavy (non-hydrogen) atoms. The predicted octanol–water partition coefficient (Wildman–Crippen LogP) is 4.29. The molecule has 0 radical (unpaired) electrons. The van der Waals surface area contributed by atoms with Crippen LogP contribution < -0.4 is 0 Å². The minimum Gasteiger partial charge on any atom is -0.392 e. The number of aliphatic hydroxyl groups is 1. The van der Waals surface area contributed by atoms with Gasteiger partial charge in [-0.2, -0.15) is 0 Å². The average molecular weight is 290 g/mol. The number of rotatable bonds is 3. The van der Waals surface area contributed by atoms with Gasteiger partial charge in [0, 0.05) is 45.2 Å². The van der Waals surface area contributed by atoms with Crippen molar-refractivity contribution in [2.45, 2.75) is 19.4 Å². The third-order valence-corrected chi connectivity index (χ3v) is 4.53. The number of H-pyrrole nitrogens is 2. The van der Waals surface area contributed by atoms with Crippen molar-refractivity contribution < 1.29 is 5.11 Å². The van der Waals surface area contributed by atoms with Crippen molar-refractivity contribution in [1.29, 1.82) is 0 Å². The lowest BCUT2D eigenvalue weighted by atomic mass is 9.94. The fourth-order valence-electron chi connectivity index (χ4n) is 3.37. The molecule has 0 aliphatic carbocycles. The van der Waals surface area contributed by atoms with Crippen LogP contribution in [-0.2, 0) is 6.61 Å². The van der Waals surface area contributed by atoms with Crippen LogP contribution in [0.25, 0.3) is 21.8 Å². The zero-order valence-corrected chi connectivity index (χ0v) is 12.4. The Labute approximate surface area is 128 Å². The average Bonchev–Trinajstić information content (AvgIpc) is 3.15. The molecule has 3 heteroatoms. The van der Waals surface area contributed by atoms with Gasteiger partial charge in [0.2, 0.25) is 0 Å². The second kappa shape index (κ2) is 5.04. The van der Waals surface area contributed by atoms with E-state index in [4.69, 9.17) is 0 Å². The molecule has 0 aliphatic rings. The van der Waals surface area contributed by atoms with Crippen molar-refractivity contribution >= 4 is 21.8 Å². The summed E-state index contributed by atoms with van der Waals surface area (Å²) in [4.78, 5) is 6.83. The zero-order chi connectivity index (χ0) is 15.1. The minimum atomic E-state index is 0.0477. The lowest BCUT2D eigenvalue weighted by Gasteiger charge is -2.11. The molecule has 0 saturated heterocycles. The number of fused-ring (bicyclic) bond motifs is 2. The maximum Gasteiger partial charge on any atom is 0.0705 e. The maximum atomic E-state index is 9.84.